The van der Waals surface area contributed by atoms with Crippen molar-refractivity contribution in [2.24, 2.45) is 0 Å². The van der Waals surface area contributed by atoms with E-state index in [4.69, 9.17) is 0 Å². The lowest BCUT2D eigenvalue weighted by Crippen LogP contribution is -2.53. The zero-order valence-electron chi connectivity index (χ0n) is 16.2. The molecule has 148 valence electrons. The van der Waals surface area contributed by atoms with Gasteiger partial charge in [0.15, 0.2) is 0 Å². The molecular formula is C23H23N3O3. The van der Waals surface area contributed by atoms with Gasteiger partial charge in [-0.2, -0.15) is 0 Å². The van der Waals surface area contributed by atoms with E-state index in [2.05, 4.69) is 28.9 Å². The summed E-state index contributed by atoms with van der Waals surface area (Å²) < 4.78 is 0. The summed E-state index contributed by atoms with van der Waals surface area (Å²) in [5, 5.41) is 4.41. The molecule has 6 heteroatoms. The van der Waals surface area contributed by atoms with Crippen LogP contribution >= 0.6 is 0 Å². The van der Waals surface area contributed by atoms with Crippen molar-refractivity contribution in [2.45, 2.75) is 37.6 Å². The van der Waals surface area contributed by atoms with E-state index in [-0.39, 0.29) is 18.2 Å². The third kappa shape index (κ3) is 2.74. The number of piperidine rings is 2. The number of hydrogen-bond acceptors (Lipinski definition) is 4. The van der Waals surface area contributed by atoms with Crippen molar-refractivity contribution < 1.29 is 14.4 Å². The quantitative estimate of drug-likeness (QED) is 0.820. The predicted octanol–water partition coefficient (Wildman–Crippen LogP) is 2.93. The Kier molecular flexibility index (Phi) is 4.15. The molecule has 6 nitrogen and oxygen atoms in total. The van der Waals surface area contributed by atoms with Crippen molar-refractivity contribution in [2.75, 3.05) is 18.0 Å². The highest BCUT2D eigenvalue weighted by Gasteiger charge is 2.41. The van der Waals surface area contributed by atoms with Crippen LogP contribution in [0.15, 0.2) is 43.1 Å². The second kappa shape index (κ2) is 6.72. The molecule has 0 aliphatic carbocycles. The van der Waals surface area contributed by atoms with Gasteiger partial charge >= 0.3 is 0 Å². The average molecular weight is 389 g/mol. The number of amides is 3. The van der Waals surface area contributed by atoms with Crippen LogP contribution in [-0.4, -0.2) is 41.8 Å². The molecule has 2 aromatic rings. The van der Waals surface area contributed by atoms with E-state index in [0.29, 0.717) is 17.9 Å². The van der Waals surface area contributed by atoms with Crippen LogP contribution in [0, 0.1) is 0 Å². The number of nitrogens with one attached hydrogen (secondary N) is 1. The molecule has 3 aliphatic rings. The van der Waals surface area contributed by atoms with Crippen LogP contribution in [0.1, 0.15) is 47.5 Å². The zero-order valence-corrected chi connectivity index (χ0v) is 16.2. The first-order valence-electron chi connectivity index (χ1n) is 10.2. The third-order valence-electron chi connectivity index (χ3n) is 6.51. The SMILES string of the molecule is C=CN1CCC(c2ccc3c4c(cccc24)C(=O)N3C2CCC(=O)NC2=O)CC1. The number of imide groups is 1. The van der Waals surface area contributed by atoms with E-state index in [9.17, 15) is 14.4 Å². The second-order valence-electron chi connectivity index (χ2n) is 8.04. The van der Waals surface area contributed by atoms with Crippen molar-refractivity contribution in [3.05, 3.63) is 54.2 Å². The zero-order chi connectivity index (χ0) is 20.1. The summed E-state index contributed by atoms with van der Waals surface area (Å²) in [6.07, 6.45) is 4.61. The first-order chi connectivity index (χ1) is 14.1. The molecule has 3 amide bonds. The van der Waals surface area contributed by atoms with Crippen LogP contribution in [0.25, 0.3) is 10.8 Å². The van der Waals surface area contributed by atoms with Crippen molar-refractivity contribution in [1.29, 1.82) is 0 Å². The van der Waals surface area contributed by atoms with Gasteiger partial charge in [-0.05, 0) is 54.5 Å². The smallest absolute Gasteiger partial charge is 0.259 e. The summed E-state index contributed by atoms with van der Waals surface area (Å²) in [5.74, 6) is -0.382. The van der Waals surface area contributed by atoms with E-state index in [1.54, 1.807) is 4.90 Å². The second-order valence-corrected chi connectivity index (χ2v) is 8.04. The molecule has 3 aliphatic heterocycles. The van der Waals surface area contributed by atoms with Gasteiger partial charge in [0, 0.05) is 30.5 Å². The first kappa shape index (κ1) is 17.9. The molecule has 2 aromatic carbocycles. The molecule has 1 unspecified atom stereocenters. The lowest BCUT2D eigenvalue weighted by molar-refractivity contribution is -0.134. The molecule has 1 atom stereocenters. The molecule has 2 fully saturated rings. The van der Waals surface area contributed by atoms with Crippen molar-refractivity contribution >= 4 is 34.2 Å². The Labute approximate surface area is 169 Å². The van der Waals surface area contributed by atoms with Crippen LogP contribution in [-0.2, 0) is 9.59 Å². The molecule has 3 heterocycles. The molecule has 0 saturated carbocycles. The number of likely N-dealkylation sites (tertiary alicyclic amines) is 1. The van der Waals surface area contributed by atoms with Crippen molar-refractivity contribution in [3.8, 4) is 0 Å². The fourth-order valence-corrected chi connectivity index (χ4v) is 5.02. The van der Waals surface area contributed by atoms with Gasteiger partial charge < -0.3 is 4.90 Å². The lowest BCUT2D eigenvalue weighted by Gasteiger charge is -2.32. The molecule has 0 radical (unpaired) electrons. The number of rotatable bonds is 3. The van der Waals surface area contributed by atoms with Crippen LogP contribution < -0.4 is 10.2 Å². The van der Waals surface area contributed by atoms with Gasteiger partial charge in [-0.3, -0.25) is 24.6 Å². The highest BCUT2D eigenvalue weighted by Crippen LogP contribution is 2.43. The molecule has 0 aromatic heterocycles. The Bertz CT molecular complexity index is 1050. The van der Waals surface area contributed by atoms with Gasteiger partial charge in [-0.15, -0.1) is 0 Å². The maximum absolute atomic E-state index is 13.2. The van der Waals surface area contributed by atoms with Crippen molar-refractivity contribution in [1.82, 2.24) is 10.2 Å². The Morgan fingerprint density at radius 3 is 2.55 bits per heavy atom. The molecular weight excluding hydrogens is 366 g/mol. The minimum absolute atomic E-state index is 0.154. The van der Waals surface area contributed by atoms with E-state index < -0.39 is 11.9 Å². The summed E-state index contributed by atoms with van der Waals surface area (Å²) >= 11 is 0. The highest BCUT2D eigenvalue weighted by atomic mass is 16.2. The topological polar surface area (TPSA) is 69.7 Å². The first-order valence-corrected chi connectivity index (χ1v) is 10.2. The standard InChI is InChI=1S/C23H23N3O3/c1-2-25-12-10-14(11-13-25)15-6-7-18-21-16(15)4-3-5-17(21)23(29)26(18)19-8-9-20(27)24-22(19)28/h2-7,14,19H,1,8-13H2,(H,24,27,28). The number of carbonyl (C=O) groups excluding carboxylic acids is 3. The summed E-state index contributed by atoms with van der Waals surface area (Å²) in [7, 11) is 0. The summed E-state index contributed by atoms with van der Waals surface area (Å²) in [5.41, 5.74) is 2.70. The summed E-state index contributed by atoms with van der Waals surface area (Å²) in [4.78, 5) is 41.0. The molecule has 0 spiro atoms. The Morgan fingerprint density at radius 1 is 1.03 bits per heavy atom. The number of nitrogens with zero attached hydrogens (tertiary/aromatic N) is 2. The van der Waals surface area contributed by atoms with Crippen LogP contribution in [0.4, 0.5) is 5.69 Å². The maximum Gasteiger partial charge on any atom is 0.259 e. The minimum Gasteiger partial charge on any atom is -0.378 e. The highest BCUT2D eigenvalue weighted by molar-refractivity contribution is 6.27. The molecule has 0 bridgehead atoms. The van der Waals surface area contributed by atoms with Crippen LogP contribution in [0.3, 0.4) is 0 Å². The normalized spacial score (nSPS) is 22.3. The summed E-state index contributed by atoms with van der Waals surface area (Å²) in [6.45, 7) is 5.83. The largest absolute Gasteiger partial charge is 0.378 e. The molecule has 2 saturated heterocycles. The molecule has 5 rings (SSSR count). The Hall–Kier alpha value is -3.15. The lowest BCUT2D eigenvalue weighted by atomic mass is 9.85. The number of carbonyl (C=O) groups is 3. The Morgan fingerprint density at radius 2 is 1.83 bits per heavy atom. The number of benzene rings is 2. The van der Waals surface area contributed by atoms with Gasteiger partial charge in [0.1, 0.15) is 6.04 Å². The van der Waals surface area contributed by atoms with E-state index in [1.807, 2.05) is 24.4 Å². The fraction of sp³-hybridized carbons (Fsp3) is 0.348. The van der Waals surface area contributed by atoms with Crippen LogP contribution in [0.2, 0.25) is 0 Å². The van der Waals surface area contributed by atoms with Crippen LogP contribution in [0.5, 0.6) is 0 Å². The average Bonchev–Trinajstić information content (AvgIpc) is 3.02. The monoisotopic (exact) mass is 389 g/mol. The van der Waals surface area contributed by atoms with Gasteiger partial charge in [-0.25, -0.2) is 0 Å². The van der Waals surface area contributed by atoms with Gasteiger partial charge in [0.2, 0.25) is 11.8 Å². The predicted molar refractivity (Wildman–Crippen MR) is 111 cm³/mol. The number of hydrogen-bond donors (Lipinski definition) is 1. The molecule has 29 heavy (non-hydrogen) atoms. The maximum atomic E-state index is 13.2. The van der Waals surface area contributed by atoms with Gasteiger partial charge in [0.25, 0.3) is 5.91 Å². The fourth-order valence-electron chi connectivity index (χ4n) is 5.02. The van der Waals surface area contributed by atoms with E-state index in [0.717, 1.165) is 42.4 Å². The summed E-state index contributed by atoms with van der Waals surface area (Å²) in [6, 6.07) is 9.30. The van der Waals surface area contributed by atoms with Gasteiger partial charge in [0.05, 0.1) is 5.69 Å². The Balaban J connectivity index is 1.56. The third-order valence-corrected chi connectivity index (χ3v) is 6.51. The molecule has 1 N–H and O–H groups in total. The number of anilines is 1. The van der Waals surface area contributed by atoms with Gasteiger partial charge in [-0.1, -0.05) is 24.8 Å². The van der Waals surface area contributed by atoms with E-state index in [1.165, 1.54) is 5.56 Å². The minimum atomic E-state index is -0.641. The van der Waals surface area contributed by atoms with Crippen molar-refractivity contribution in [3.63, 3.8) is 0 Å². The van der Waals surface area contributed by atoms with E-state index >= 15 is 0 Å².